The molecule has 1 aliphatic heterocycles. The van der Waals surface area contributed by atoms with E-state index in [2.05, 4.69) is 45.5 Å². The van der Waals surface area contributed by atoms with Crippen LogP contribution >= 0.6 is 12.2 Å². The van der Waals surface area contributed by atoms with Gasteiger partial charge in [0.15, 0.2) is 4.77 Å². The maximum atomic E-state index is 5.31. The SMILES string of the molecule is CCCn1c(N2CCCN(C)CC2C)n[nH]c1=S. The number of aromatic amines is 1. The second kappa shape index (κ2) is 5.84. The van der Waals surface area contributed by atoms with Gasteiger partial charge in [-0.25, -0.2) is 5.10 Å². The number of hydrogen-bond donors (Lipinski definition) is 1. The summed E-state index contributed by atoms with van der Waals surface area (Å²) in [7, 11) is 2.18. The van der Waals surface area contributed by atoms with Gasteiger partial charge in [0, 0.05) is 25.7 Å². The van der Waals surface area contributed by atoms with Crippen LogP contribution in [0.2, 0.25) is 0 Å². The van der Waals surface area contributed by atoms with Crippen LogP contribution in [-0.2, 0) is 6.54 Å². The van der Waals surface area contributed by atoms with Gasteiger partial charge in [-0.2, -0.15) is 0 Å². The number of hydrogen-bond acceptors (Lipinski definition) is 4. The number of anilines is 1. The van der Waals surface area contributed by atoms with Gasteiger partial charge in [0.2, 0.25) is 5.95 Å². The number of rotatable bonds is 3. The highest BCUT2D eigenvalue weighted by Gasteiger charge is 2.23. The molecule has 0 radical (unpaired) electrons. The van der Waals surface area contributed by atoms with Gasteiger partial charge in [0.1, 0.15) is 0 Å². The van der Waals surface area contributed by atoms with Crippen LogP contribution in [0.4, 0.5) is 5.95 Å². The predicted octanol–water partition coefficient (Wildman–Crippen LogP) is 1.88. The van der Waals surface area contributed by atoms with Crippen LogP contribution < -0.4 is 4.90 Å². The topological polar surface area (TPSA) is 40.1 Å². The van der Waals surface area contributed by atoms with Crippen LogP contribution in [0.3, 0.4) is 0 Å². The predicted molar refractivity (Wildman–Crippen MR) is 76.6 cm³/mol. The maximum Gasteiger partial charge on any atom is 0.226 e. The van der Waals surface area contributed by atoms with Gasteiger partial charge in [0.05, 0.1) is 0 Å². The van der Waals surface area contributed by atoms with Crippen molar-refractivity contribution in [3.05, 3.63) is 4.77 Å². The summed E-state index contributed by atoms with van der Waals surface area (Å²) >= 11 is 5.31. The van der Waals surface area contributed by atoms with E-state index >= 15 is 0 Å². The number of nitrogens with one attached hydrogen (secondary N) is 1. The van der Waals surface area contributed by atoms with Crippen molar-refractivity contribution in [2.24, 2.45) is 0 Å². The summed E-state index contributed by atoms with van der Waals surface area (Å²) in [5.74, 6) is 1.00. The number of H-pyrrole nitrogens is 1. The number of likely N-dealkylation sites (N-methyl/N-ethyl adjacent to an activating group) is 1. The molecule has 2 rings (SSSR count). The minimum absolute atomic E-state index is 0.471. The average molecular weight is 269 g/mol. The van der Waals surface area contributed by atoms with Crippen molar-refractivity contribution in [2.45, 2.75) is 39.3 Å². The van der Waals surface area contributed by atoms with Crippen molar-refractivity contribution in [1.82, 2.24) is 19.7 Å². The van der Waals surface area contributed by atoms with Crippen molar-refractivity contribution < 1.29 is 0 Å². The minimum Gasteiger partial charge on any atom is -0.337 e. The molecule has 18 heavy (non-hydrogen) atoms. The van der Waals surface area contributed by atoms with E-state index in [1.54, 1.807) is 0 Å². The fraction of sp³-hybridized carbons (Fsp3) is 0.833. The first-order chi connectivity index (χ1) is 8.63. The lowest BCUT2D eigenvalue weighted by molar-refractivity contribution is 0.336. The Balaban J connectivity index is 2.26. The Morgan fingerprint density at radius 3 is 2.94 bits per heavy atom. The highest BCUT2D eigenvalue weighted by molar-refractivity contribution is 7.71. The van der Waals surface area contributed by atoms with Crippen molar-refractivity contribution in [3.63, 3.8) is 0 Å². The molecule has 1 aromatic heterocycles. The molecule has 1 N–H and O–H groups in total. The second-order valence-electron chi connectivity index (χ2n) is 5.14. The fourth-order valence-electron chi connectivity index (χ4n) is 2.62. The van der Waals surface area contributed by atoms with Crippen LogP contribution in [0.1, 0.15) is 26.7 Å². The zero-order valence-electron chi connectivity index (χ0n) is 11.5. The Kier molecular flexibility index (Phi) is 4.40. The summed E-state index contributed by atoms with van der Waals surface area (Å²) in [4.78, 5) is 4.77. The van der Waals surface area contributed by atoms with Crippen LogP contribution in [0.5, 0.6) is 0 Å². The molecule has 6 heteroatoms. The molecule has 1 atom stereocenters. The molecule has 1 unspecified atom stereocenters. The molecular weight excluding hydrogens is 246 g/mol. The summed E-state index contributed by atoms with van der Waals surface area (Å²) in [5, 5.41) is 7.36. The Labute approximate surface area is 114 Å². The molecule has 0 aromatic carbocycles. The molecule has 0 amide bonds. The highest BCUT2D eigenvalue weighted by atomic mass is 32.1. The summed E-state index contributed by atoms with van der Waals surface area (Å²) in [6.45, 7) is 8.64. The second-order valence-corrected chi connectivity index (χ2v) is 5.53. The van der Waals surface area contributed by atoms with Crippen molar-refractivity contribution in [2.75, 3.05) is 31.6 Å². The lowest BCUT2D eigenvalue weighted by Crippen LogP contribution is -2.39. The molecular formula is C12H23N5S. The summed E-state index contributed by atoms with van der Waals surface area (Å²) in [5.41, 5.74) is 0. The van der Waals surface area contributed by atoms with E-state index in [1.807, 2.05) is 0 Å². The van der Waals surface area contributed by atoms with Gasteiger partial charge >= 0.3 is 0 Å². The lowest BCUT2D eigenvalue weighted by Gasteiger charge is -2.28. The van der Waals surface area contributed by atoms with Gasteiger partial charge in [-0.3, -0.25) is 4.57 Å². The minimum atomic E-state index is 0.471. The molecule has 0 bridgehead atoms. The van der Waals surface area contributed by atoms with Crippen molar-refractivity contribution in [1.29, 1.82) is 0 Å². The monoisotopic (exact) mass is 269 g/mol. The van der Waals surface area contributed by atoms with E-state index in [1.165, 1.54) is 6.42 Å². The van der Waals surface area contributed by atoms with Crippen LogP contribution in [0.25, 0.3) is 0 Å². The molecule has 102 valence electrons. The fourth-order valence-corrected chi connectivity index (χ4v) is 2.84. The third-order valence-corrected chi connectivity index (χ3v) is 3.80. The Morgan fingerprint density at radius 2 is 2.22 bits per heavy atom. The third-order valence-electron chi connectivity index (χ3n) is 3.49. The largest absolute Gasteiger partial charge is 0.337 e. The van der Waals surface area contributed by atoms with E-state index in [-0.39, 0.29) is 0 Å². The molecule has 1 aliphatic rings. The first-order valence-corrected chi connectivity index (χ1v) is 7.14. The lowest BCUT2D eigenvalue weighted by atomic mass is 10.3. The van der Waals surface area contributed by atoms with E-state index in [0.29, 0.717) is 6.04 Å². The molecule has 2 heterocycles. The molecule has 0 spiro atoms. The first-order valence-electron chi connectivity index (χ1n) is 6.74. The van der Waals surface area contributed by atoms with Gasteiger partial charge in [-0.1, -0.05) is 6.92 Å². The van der Waals surface area contributed by atoms with E-state index in [4.69, 9.17) is 12.2 Å². The van der Waals surface area contributed by atoms with E-state index in [0.717, 1.165) is 43.3 Å². The average Bonchev–Trinajstić information content (AvgIpc) is 2.57. The third kappa shape index (κ3) is 2.75. The molecule has 1 aromatic rings. The zero-order chi connectivity index (χ0) is 13.1. The van der Waals surface area contributed by atoms with Crippen LogP contribution in [0.15, 0.2) is 0 Å². The van der Waals surface area contributed by atoms with Gasteiger partial charge in [-0.05, 0) is 45.6 Å². The molecule has 1 saturated heterocycles. The summed E-state index contributed by atoms with van der Waals surface area (Å²) < 4.78 is 2.86. The van der Waals surface area contributed by atoms with E-state index < -0.39 is 0 Å². The quantitative estimate of drug-likeness (QED) is 0.851. The standard InChI is InChI=1S/C12H23N5S/c1-4-6-17-11(13-14-12(17)18)16-8-5-7-15(3)9-10(16)2/h10H,4-9H2,1-3H3,(H,14,18). The Bertz CT molecular complexity index is 438. The summed E-state index contributed by atoms with van der Waals surface area (Å²) in [6, 6.07) is 0.471. The summed E-state index contributed by atoms with van der Waals surface area (Å²) in [6.07, 6.45) is 2.25. The molecule has 1 fully saturated rings. The van der Waals surface area contributed by atoms with Crippen LogP contribution in [0, 0.1) is 4.77 Å². The molecule has 0 aliphatic carbocycles. The Hall–Kier alpha value is -0.880. The zero-order valence-corrected chi connectivity index (χ0v) is 12.3. The maximum absolute atomic E-state index is 5.31. The Morgan fingerprint density at radius 1 is 1.44 bits per heavy atom. The van der Waals surface area contributed by atoms with Gasteiger partial charge < -0.3 is 9.80 Å². The van der Waals surface area contributed by atoms with Crippen molar-refractivity contribution in [3.8, 4) is 0 Å². The van der Waals surface area contributed by atoms with Gasteiger partial charge in [-0.15, -0.1) is 5.10 Å². The smallest absolute Gasteiger partial charge is 0.226 e. The first kappa shape index (κ1) is 13.5. The highest BCUT2D eigenvalue weighted by Crippen LogP contribution is 2.18. The van der Waals surface area contributed by atoms with Crippen LogP contribution in [-0.4, -0.2) is 52.4 Å². The molecule has 0 saturated carbocycles. The van der Waals surface area contributed by atoms with E-state index in [9.17, 15) is 0 Å². The van der Waals surface area contributed by atoms with Crippen molar-refractivity contribution >= 4 is 18.2 Å². The number of nitrogens with zero attached hydrogens (tertiary/aromatic N) is 4. The van der Waals surface area contributed by atoms with Gasteiger partial charge in [0.25, 0.3) is 0 Å². The normalized spacial score (nSPS) is 22.2. The number of aromatic nitrogens is 3. The molecule has 5 nitrogen and oxygen atoms in total.